The van der Waals surface area contributed by atoms with Gasteiger partial charge in [-0.15, -0.1) is 10.2 Å². The maximum absolute atomic E-state index is 12.5. The van der Waals surface area contributed by atoms with Gasteiger partial charge >= 0.3 is 0 Å². The molecule has 1 atom stereocenters. The average molecular weight is 395 g/mol. The predicted octanol–water partition coefficient (Wildman–Crippen LogP) is 4.74. The minimum atomic E-state index is 0.00661. The standard InChI is InChI=1S/C24H21N5O/c1-3-16(2)28-12-9-18(15-23(28)30)17-10-13-29-22(14-17)26-27-24(29)20-8-11-25-21-7-5-4-6-19(20)21/h4-16H,3H2,1-2H3. The Morgan fingerprint density at radius 2 is 1.77 bits per heavy atom. The number of fused-ring (bicyclic) bond motifs is 2. The summed E-state index contributed by atoms with van der Waals surface area (Å²) in [6, 6.07) is 17.8. The molecule has 0 N–H and O–H groups in total. The number of pyridine rings is 3. The fourth-order valence-corrected chi connectivity index (χ4v) is 3.78. The van der Waals surface area contributed by atoms with Crippen molar-refractivity contribution in [2.75, 3.05) is 0 Å². The van der Waals surface area contributed by atoms with Crippen LogP contribution in [0.25, 0.3) is 39.1 Å². The molecule has 0 fully saturated rings. The zero-order valence-corrected chi connectivity index (χ0v) is 16.9. The first-order valence-electron chi connectivity index (χ1n) is 10.1. The number of nitrogens with zero attached hydrogens (tertiary/aromatic N) is 5. The molecule has 0 aliphatic rings. The summed E-state index contributed by atoms with van der Waals surface area (Å²) in [7, 11) is 0. The van der Waals surface area contributed by atoms with Gasteiger partial charge in [-0.3, -0.25) is 14.2 Å². The van der Waals surface area contributed by atoms with Crippen molar-refractivity contribution >= 4 is 16.6 Å². The summed E-state index contributed by atoms with van der Waals surface area (Å²) in [5.41, 5.74) is 4.46. The van der Waals surface area contributed by atoms with E-state index >= 15 is 0 Å². The second-order valence-electron chi connectivity index (χ2n) is 7.46. The molecule has 1 unspecified atom stereocenters. The Labute approximate surface area is 173 Å². The quantitative estimate of drug-likeness (QED) is 0.441. The third-order valence-electron chi connectivity index (χ3n) is 5.65. The highest BCUT2D eigenvalue weighted by Gasteiger charge is 2.13. The van der Waals surface area contributed by atoms with E-state index in [2.05, 4.69) is 22.1 Å². The summed E-state index contributed by atoms with van der Waals surface area (Å²) in [5, 5.41) is 9.85. The molecule has 6 heteroatoms. The summed E-state index contributed by atoms with van der Waals surface area (Å²) in [4.78, 5) is 16.9. The van der Waals surface area contributed by atoms with E-state index in [1.807, 2.05) is 72.2 Å². The molecule has 0 saturated carbocycles. The molecule has 0 radical (unpaired) electrons. The Bertz CT molecular complexity index is 1430. The van der Waals surface area contributed by atoms with Crippen LogP contribution in [0.5, 0.6) is 0 Å². The molecule has 4 heterocycles. The molecule has 0 aliphatic carbocycles. The number of rotatable bonds is 4. The van der Waals surface area contributed by atoms with Crippen molar-refractivity contribution in [3.05, 3.63) is 83.5 Å². The summed E-state index contributed by atoms with van der Waals surface area (Å²) in [6.07, 6.45) is 6.53. The minimum absolute atomic E-state index is 0.00661. The van der Waals surface area contributed by atoms with Gasteiger partial charge in [0.05, 0.1) is 5.52 Å². The number of benzene rings is 1. The van der Waals surface area contributed by atoms with Gasteiger partial charge in [-0.05, 0) is 54.8 Å². The smallest absolute Gasteiger partial charge is 0.251 e. The summed E-state index contributed by atoms with van der Waals surface area (Å²) in [5.74, 6) is 0.766. The molecule has 6 nitrogen and oxygen atoms in total. The third kappa shape index (κ3) is 2.97. The monoisotopic (exact) mass is 395 g/mol. The molecule has 5 aromatic rings. The summed E-state index contributed by atoms with van der Waals surface area (Å²) >= 11 is 0. The number of aromatic nitrogens is 5. The van der Waals surface area contributed by atoms with E-state index in [0.717, 1.165) is 45.5 Å². The Balaban J connectivity index is 1.59. The van der Waals surface area contributed by atoms with Crippen LogP contribution in [0.15, 0.2) is 78.0 Å². The first-order chi connectivity index (χ1) is 14.7. The molecule has 0 amide bonds. The minimum Gasteiger partial charge on any atom is -0.313 e. The maximum atomic E-state index is 12.5. The second kappa shape index (κ2) is 7.22. The first-order valence-corrected chi connectivity index (χ1v) is 10.1. The van der Waals surface area contributed by atoms with Crippen molar-refractivity contribution in [3.63, 3.8) is 0 Å². The van der Waals surface area contributed by atoms with Crippen LogP contribution in [0.1, 0.15) is 26.3 Å². The van der Waals surface area contributed by atoms with Gasteiger partial charge < -0.3 is 4.57 Å². The molecular weight excluding hydrogens is 374 g/mol. The van der Waals surface area contributed by atoms with E-state index in [9.17, 15) is 4.79 Å². The Kier molecular flexibility index (Phi) is 4.39. The maximum Gasteiger partial charge on any atom is 0.251 e. The van der Waals surface area contributed by atoms with Gasteiger partial charge in [0.25, 0.3) is 5.56 Å². The zero-order valence-electron chi connectivity index (χ0n) is 16.9. The molecule has 5 rings (SSSR count). The van der Waals surface area contributed by atoms with Crippen LogP contribution in [0.3, 0.4) is 0 Å². The van der Waals surface area contributed by atoms with Crippen LogP contribution in [0.4, 0.5) is 0 Å². The Morgan fingerprint density at radius 3 is 2.60 bits per heavy atom. The van der Waals surface area contributed by atoms with Gasteiger partial charge in [0.1, 0.15) is 0 Å². The van der Waals surface area contributed by atoms with Crippen molar-refractivity contribution in [2.24, 2.45) is 0 Å². The lowest BCUT2D eigenvalue weighted by Gasteiger charge is -2.13. The van der Waals surface area contributed by atoms with Crippen LogP contribution in [-0.4, -0.2) is 24.1 Å². The molecule has 0 aliphatic heterocycles. The third-order valence-corrected chi connectivity index (χ3v) is 5.65. The second-order valence-corrected chi connectivity index (χ2v) is 7.46. The predicted molar refractivity (Wildman–Crippen MR) is 118 cm³/mol. The van der Waals surface area contributed by atoms with Crippen LogP contribution in [0.2, 0.25) is 0 Å². The molecule has 0 spiro atoms. The van der Waals surface area contributed by atoms with Crippen molar-refractivity contribution in [2.45, 2.75) is 26.3 Å². The van der Waals surface area contributed by atoms with Crippen molar-refractivity contribution in [3.8, 4) is 22.5 Å². The fraction of sp³-hybridized carbons (Fsp3) is 0.167. The summed E-state index contributed by atoms with van der Waals surface area (Å²) < 4.78 is 3.73. The van der Waals surface area contributed by atoms with Gasteiger partial charge in [-0.2, -0.15) is 0 Å². The molecule has 4 aromatic heterocycles. The van der Waals surface area contributed by atoms with Crippen molar-refractivity contribution in [1.82, 2.24) is 24.1 Å². The summed E-state index contributed by atoms with van der Waals surface area (Å²) in [6.45, 7) is 4.13. The van der Waals surface area contributed by atoms with E-state index < -0.39 is 0 Å². The van der Waals surface area contributed by atoms with E-state index in [4.69, 9.17) is 0 Å². The van der Waals surface area contributed by atoms with E-state index in [-0.39, 0.29) is 11.6 Å². The molecule has 0 saturated heterocycles. The molecule has 0 bridgehead atoms. The van der Waals surface area contributed by atoms with Gasteiger partial charge in [-0.25, -0.2) is 0 Å². The van der Waals surface area contributed by atoms with Gasteiger partial charge in [-0.1, -0.05) is 25.1 Å². The Morgan fingerprint density at radius 1 is 0.967 bits per heavy atom. The molecule has 30 heavy (non-hydrogen) atoms. The van der Waals surface area contributed by atoms with Crippen molar-refractivity contribution < 1.29 is 0 Å². The number of para-hydroxylation sites is 1. The van der Waals surface area contributed by atoms with Crippen LogP contribution in [-0.2, 0) is 0 Å². The van der Waals surface area contributed by atoms with Gasteiger partial charge in [0.2, 0.25) is 0 Å². The van der Waals surface area contributed by atoms with Crippen LogP contribution < -0.4 is 5.56 Å². The average Bonchev–Trinajstić information content (AvgIpc) is 3.21. The SMILES string of the molecule is CCC(C)n1ccc(-c2ccn3c(-c4ccnc5ccccc45)nnc3c2)cc1=O. The lowest BCUT2D eigenvalue weighted by molar-refractivity contribution is 0.514. The normalized spacial score (nSPS) is 12.5. The van der Waals surface area contributed by atoms with Crippen LogP contribution in [0, 0.1) is 0 Å². The molecular formula is C24H21N5O. The lowest BCUT2D eigenvalue weighted by Crippen LogP contribution is -2.21. The topological polar surface area (TPSA) is 65.1 Å². The van der Waals surface area contributed by atoms with Crippen LogP contribution >= 0.6 is 0 Å². The zero-order chi connectivity index (χ0) is 20.7. The number of hydrogen-bond acceptors (Lipinski definition) is 4. The van der Waals surface area contributed by atoms with Gasteiger partial charge in [0.15, 0.2) is 11.5 Å². The Hall–Kier alpha value is -3.80. The van der Waals surface area contributed by atoms with E-state index in [1.165, 1.54) is 0 Å². The fourth-order valence-electron chi connectivity index (χ4n) is 3.78. The van der Waals surface area contributed by atoms with E-state index in [1.54, 1.807) is 16.8 Å². The van der Waals surface area contributed by atoms with E-state index in [0.29, 0.717) is 0 Å². The molecule has 1 aromatic carbocycles. The first kappa shape index (κ1) is 18.2. The molecule has 148 valence electrons. The highest BCUT2D eigenvalue weighted by molar-refractivity contribution is 5.92. The lowest BCUT2D eigenvalue weighted by atomic mass is 10.1. The number of hydrogen-bond donors (Lipinski definition) is 0. The van der Waals surface area contributed by atoms with Gasteiger partial charge in [0, 0.05) is 41.6 Å². The van der Waals surface area contributed by atoms with Crippen molar-refractivity contribution in [1.29, 1.82) is 0 Å². The highest BCUT2D eigenvalue weighted by atomic mass is 16.1. The highest BCUT2D eigenvalue weighted by Crippen LogP contribution is 2.28. The largest absolute Gasteiger partial charge is 0.313 e.